The van der Waals surface area contributed by atoms with E-state index in [9.17, 15) is 9.59 Å². The Morgan fingerprint density at radius 3 is 2.59 bits per heavy atom. The molecule has 0 aliphatic rings. The highest BCUT2D eigenvalue weighted by atomic mass is 35.5. The lowest BCUT2D eigenvalue weighted by atomic mass is 10.2. The van der Waals surface area contributed by atoms with Gasteiger partial charge in [-0.25, -0.2) is 0 Å². The van der Waals surface area contributed by atoms with Gasteiger partial charge in [0.15, 0.2) is 24.4 Å². The minimum Gasteiger partial charge on any atom is -0.493 e. The molecule has 2 aromatic rings. The normalized spacial score (nSPS) is 9.91. The van der Waals surface area contributed by atoms with Gasteiger partial charge in [-0.1, -0.05) is 29.8 Å². The zero-order valence-corrected chi connectivity index (χ0v) is 12.6. The summed E-state index contributed by atoms with van der Waals surface area (Å²) >= 11 is 5.94. The van der Waals surface area contributed by atoms with E-state index in [1.807, 2.05) is 18.2 Å². The van der Waals surface area contributed by atoms with E-state index in [-0.39, 0.29) is 17.5 Å². The van der Waals surface area contributed by atoms with Gasteiger partial charge in [-0.15, -0.1) is 0 Å². The lowest BCUT2D eigenvalue weighted by Crippen LogP contribution is -2.20. The molecule has 1 N–H and O–H groups in total. The lowest BCUT2D eigenvalue weighted by molar-refractivity contribution is -0.118. The smallest absolute Gasteiger partial charge is 0.262 e. The zero-order valence-electron chi connectivity index (χ0n) is 11.8. The molecular formula is C16H14ClNO4. The molecule has 0 aliphatic heterocycles. The van der Waals surface area contributed by atoms with Crippen molar-refractivity contribution in [2.24, 2.45) is 0 Å². The molecule has 0 spiro atoms. The molecule has 0 unspecified atom stereocenters. The number of para-hydroxylation sites is 1. The van der Waals surface area contributed by atoms with Crippen LogP contribution in [-0.2, 0) is 4.79 Å². The predicted molar refractivity (Wildman–Crippen MR) is 84.0 cm³/mol. The number of aldehydes is 1. The van der Waals surface area contributed by atoms with Gasteiger partial charge in [0.25, 0.3) is 5.91 Å². The SMILES string of the molecule is COc1cc(C=O)c(Cl)cc1OCC(=O)Nc1ccccc1. The van der Waals surface area contributed by atoms with Gasteiger partial charge in [-0.2, -0.15) is 0 Å². The highest BCUT2D eigenvalue weighted by molar-refractivity contribution is 6.33. The number of benzene rings is 2. The van der Waals surface area contributed by atoms with E-state index in [0.29, 0.717) is 29.0 Å². The minimum absolute atomic E-state index is 0.206. The van der Waals surface area contributed by atoms with E-state index < -0.39 is 0 Å². The Morgan fingerprint density at radius 2 is 1.95 bits per heavy atom. The van der Waals surface area contributed by atoms with Gasteiger partial charge in [0, 0.05) is 17.3 Å². The third-order valence-electron chi connectivity index (χ3n) is 2.83. The number of rotatable bonds is 6. The van der Waals surface area contributed by atoms with Crippen molar-refractivity contribution in [2.75, 3.05) is 19.0 Å². The number of hydrogen-bond acceptors (Lipinski definition) is 4. The third kappa shape index (κ3) is 3.99. The number of nitrogens with one attached hydrogen (secondary N) is 1. The molecule has 0 bridgehead atoms. The molecule has 114 valence electrons. The highest BCUT2D eigenvalue weighted by Gasteiger charge is 2.12. The van der Waals surface area contributed by atoms with Crippen LogP contribution in [0.25, 0.3) is 0 Å². The molecule has 2 rings (SSSR count). The first-order valence-electron chi connectivity index (χ1n) is 6.44. The van der Waals surface area contributed by atoms with Crippen molar-refractivity contribution in [1.29, 1.82) is 0 Å². The van der Waals surface area contributed by atoms with Crippen molar-refractivity contribution in [3.05, 3.63) is 53.1 Å². The monoisotopic (exact) mass is 319 g/mol. The van der Waals surface area contributed by atoms with Gasteiger partial charge in [0.05, 0.1) is 12.1 Å². The van der Waals surface area contributed by atoms with Gasteiger partial charge in [0.2, 0.25) is 0 Å². The second-order valence-electron chi connectivity index (χ2n) is 4.35. The Morgan fingerprint density at radius 1 is 1.23 bits per heavy atom. The Hall–Kier alpha value is -2.53. The molecule has 0 atom stereocenters. The Bertz CT molecular complexity index is 673. The van der Waals surface area contributed by atoms with Gasteiger partial charge < -0.3 is 14.8 Å². The molecular weight excluding hydrogens is 306 g/mol. The Labute approximate surface area is 132 Å². The van der Waals surface area contributed by atoms with Crippen molar-refractivity contribution >= 4 is 29.5 Å². The fourth-order valence-electron chi connectivity index (χ4n) is 1.78. The molecule has 2 aromatic carbocycles. The molecule has 0 heterocycles. The number of carbonyl (C=O) groups is 2. The summed E-state index contributed by atoms with van der Waals surface area (Å²) in [6.45, 7) is -0.206. The number of anilines is 1. The molecule has 6 heteroatoms. The maximum atomic E-state index is 11.8. The van der Waals surface area contributed by atoms with Crippen LogP contribution in [0.1, 0.15) is 10.4 Å². The van der Waals surface area contributed by atoms with E-state index in [1.165, 1.54) is 19.2 Å². The largest absolute Gasteiger partial charge is 0.493 e. The number of methoxy groups -OCH3 is 1. The second-order valence-corrected chi connectivity index (χ2v) is 4.75. The fourth-order valence-corrected chi connectivity index (χ4v) is 1.97. The molecule has 0 saturated carbocycles. The van der Waals surface area contributed by atoms with Gasteiger partial charge in [-0.05, 0) is 18.2 Å². The van der Waals surface area contributed by atoms with Crippen LogP contribution in [0.2, 0.25) is 5.02 Å². The Balaban J connectivity index is 2.03. The molecule has 5 nitrogen and oxygen atoms in total. The average molecular weight is 320 g/mol. The van der Waals surface area contributed by atoms with Gasteiger partial charge in [-0.3, -0.25) is 9.59 Å². The second kappa shape index (κ2) is 7.47. The molecule has 0 fully saturated rings. The van der Waals surface area contributed by atoms with Crippen molar-refractivity contribution in [2.45, 2.75) is 0 Å². The number of halogens is 1. The molecule has 0 aliphatic carbocycles. The van der Waals surface area contributed by atoms with Gasteiger partial charge >= 0.3 is 0 Å². The molecule has 0 saturated heterocycles. The highest BCUT2D eigenvalue weighted by Crippen LogP contribution is 2.32. The van der Waals surface area contributed by atoms with Crippen molar-refractivity contribution in [3.63, 3.8) is 0 Å². The van der Waals surface area contributed by atoms with Crippen LogP contribution in [0.3, 0.4) is 0 Å². The first kappa shape index (κ1) is 15.9. The molecule has 22 heavy (non-hydrogen) atoms. The summed E-state index contributed by atoms with van der Waals surface area (Å²) in [6.07, 6.45) is 0.622. The van der Waals surface area contributed by atoms with Crippen LogP contribution in [-0.4, -0.2) is 25.9 Å². The molecule has 0 aromatic heterocycles. The number of ether oxygens (including phenoxy) is 2. The summed E-state index contributed by atoms with van der Waals surface area (Å²) in [5.41, 5.74) is 0.969. The maximum Gasteiger partial charge on any atom is 0.262 e. The predicted octanol–water partition coefficient (Wildman–Crippen LogP) is 3.18. The lowest BCUT2D eigenvalue weighted by Gasteiger charge is -2.12. The number of carbonyl (C=O) groups excluding carboxylic acids is 2. The van der Waals surface area contributed by atoms with E-state index >= 15 is 0 Å². The Kier molecular flexibility index (Phi) is 5.38. The zero-order chi connectivity index (χ0) is 15.9. The topological polar surface area (TPSA) is 64.6 Å². The van der Waals surface area contributed by atoms with Crippen molar-refractivity contribution in [3.8, 4) is 11.5 Å². The van der Waals surface area contributed by atoms with Crippen molar-refractivity contribution in [1.82, 2.24) is 0 Å². The van der Waals surface area contributed by atoms with Crippen LogP contribution < -0.4 is 14.8 Å². The summed E-state index contributed by atoms with van der Waals surface area (Å²) < 4.78 is 10.5. The first-order valence-corrected chi connectivity index (χ1v) is 6.82. The summed E-state index contributed by atoms with van der Waals surface area (Å²) in [6, 6.07) is 11.9. The van der Waals surface area contributed by atoms with Crippen LogP contribution in [0.5, 0.6) is 11.5 Å². The molecule has 0 radical (unpaired) electrons. The average Bonchev–Trinajstić information content (AvgIpc) is 2.54. The van der Waals surface area contributed by atoms with Crippen LogP contribution >= 0.6 is 11.6 Å². The van der Waals surface area contributed by atoms with Gasteiger partial charge in [0.1, 0.15) is 0 Å². The number of amides is 1. The van der Waals surface area contributed by atoms with Crippen LogP contribution in [0, 0.1) is 0 Å². The van der Waals surface area contributed by atoms with E-state index in [1.54, 1.807) is 12.1 Å². The van der Waals surface area contributed by atoms with Crippen molar-refractivity contribution < 1.29 is 19.1 Å². The van der Waals surface area contributed by atoms with Crippen LogP contribution in [0.4, 0.5) is 5.69 Å². The van der Waals surface area contributed by atoms with Crippen LogP contribution in [0.15, 0.2) is 42.5 Å². The number of hydrogen-bond donors (Lipinski definition) is 1. The fraction of sp³-hybridized carbons (Fsp3) is 0.125. The third-order valence-corrected chi connectivity index (χ3v) is 3.15. The molecule has 1 amide bonds. The summed E-state index contributed by atoms with van der Waals surface area (Å²) in [7, 11) is 1.44. The standard InChI is InChI=1S/C16H14ClNO4/c1-21-14-7-11(9-19)13(17)8-15(14)22-10-16(20)18-12-5-3-2-4-6-12/h2-9H,10H2,1H3,(H,18,20). The van der Waals surface area contributed by atoms with E-state index in [4.69, 9.17) is 21.1 Å². The van der Waals surface area contributed by atoms with E-state index in [0.717, 1.165) is 0 Å². The quantitative estimate of drug-likeness (QED) is 0.831. The van der Waals surface area contributed by atoms with E-state index in [2.05, 4.69) is 5.32 Å². The minimum atomic E-state index is -0.316. The first-order chi connectivity index (χ1) is 10.6. The summed E-state index contributed by atoms with van der Waals surface area (Å²) in [5, 5.41) is 2.92. The summed E-state index contributed by atoms with van der Waals surface area (Å²) in [5.74, 6) is 0.309. The summed E-state index contributed by atoms with van der Waals surface area (Å²) in [4.78, 5) is 22.7. The maximum absolute atomic E-state index is 11.8.